The molecule has 1 rings (SSSR count). The quantitative estimate of drug-likeness (QED) is 0.605. The Kier molecular flexibility index (Phi) is 3.96. The van der Waals surface area contributed by atoms with Crippen molar-refractivity contribution in [1.29, 1.82) is 0 Å². The second kappa shape index (κ2) is 5.02. The van der Waals surface area contributed by atoms with Gasteiger partial charge in [-0.05, 0) is 24.3 Å². The lowest BCUT2D eigenvalue weighted by atomic mass is 10.1. The SMILES string of the molecule is O=C([O-])C[C@H](Br)C(=O)c1ccc(F)cc1. The summed E-state index contributed by atoms with van der Waals surface area (Å²) in [6, 6.07) is 4.90. The fourth-order valence-corrected chi connectivity index (χ4v) is 1.56. The van der Waals surface area contributed by atoms with Crippen LogP contribution in [0.1, 0.15) is 16.8 Å². The van der Waals surface area contributed by atoms with Gasteiger partial charge in [-0.3, -0.25) is 4.79 Å². The Morgan fingerprint density at radius 1 is 1.33 bits per heavy atom. The van der Waals surface area contributed by atoms with Gasteiger partial charge >= 0.3 is 0 Å². The molecule has 0 aliphatic rings. The number of hydrogen-bond donors (Lipinski definition) is 0. The summed E-state index contributed by atoms with van der Waals surface area (Å²) in [6.45, 7) is 0. The number of aliphatic carboxylic acids is 1. The third kappa shape index (κ3) is 3.43. The van der Waals surface area contributed by atoms with Gasteiger partial charge in [-0.25, -0.2) is 4.39 Å². The van der Waals surface area contributed by atoms with E-state index in [-0.39, 0.29) is 5.56 Å². The highest BCUT2D eigenvalue weighted by Crippen LogP contribution is 2.13. The van der Waals surface area contributed by atoms with E-state index >= 15 is 0 Å². The summed E-state index contributed by atoms with van der Waals surface area (Å²) in [6.07, 6.45) is -0.407. The first-order chi connectivity index (χ1) is 7.00. The zero-order chi connectivity index (χ0) is 11.4. The number of hydrogen-bond acceptors (Lipinski definition) is 3. The Labute approximate surface area is 94.0 Å². The van der Waals surface area contributed by atoms with Crippen LogP contribution in [0.25, 0.3) is 0 Å². The van der Waals surface area contributed by atoms with Crippen LogP contribution < -0.4 is 5.11 Å². The van der Waals surface area contributed by atoms with Gasteiger partial charge in [0.15, 0.2) is 5.78 Å². The zero-order valence-electron chi connectivity index (χ0n) is 7.57. The van der Waals surface area contributed by atoms with Crippen molar-refractivity contribution in [2.24, 2.45) is 0 Å². The number of Topliss-reactive ketones (excluding diaryl/α,β-unsaturated/α-hetero) is 1. The number of halogens is 2. The van der Waals surface area contributed by atoms with Crippen molar-refractivity contribution in [3.8, 4) is 0 Å². The maximum absolute atomic E-state index is 12.5. The molecule has 0 aliphatic carbocycles. The van der Waals surface area contributed by atoms with E-state index in [2.05, 4.69) is 15.9 Å². The van der Waals surface area contributed by atoms with Gasteiger partial charge in [0.1, 0.15) is 5.82 Å². The molecule has 0 heterocycles. The van der Waals surface area contributed by atoms with Gasteiger partial charge in [0.25, 0.3) is 0 Å². The van der Waals surface area contributed by atoms with E-state index < -0.39 is 28.8 Å². The van der Waals surface area contributed by atoms with E-state index in [4.69, 9.17) is 0 Å². The molecule has 15 heavy (non-hydrogen) atoms. The van der Waals surface area contributed by atoms with Crippen LogP contribution in [0.3, 0.4) is 0 Å². The summed E-state index contributed by atoms with van der Waals surface area (Å²) < 4.78 is 12.5. The van der Waals surface area contributed by atoms with Gasteiger partial charge in [0.2, 0.25) is 0 Å². The molecule has 0 saturated carbocycles. The molecule has 0 saturated heterocycles. The van der Waals surface area contributed by atoms with Crippen LogP contribution in [0.5, 0.6) is 0 Å². The summed E-state index contributed by atoms with van der Waals surface area (Å²) in [5.74, 6) is -2.16. The number of carboxylic acid groups (broad SMARTS) is 1. The summed E-state index contributed by atoms with van der Waals surface area (Å²) in [4.78, 5) is 20.9. The first kappa shape index (κ1) is 11.8. The Morgan fingerprint density at radius 3 is 2.33 bits per heavy atom. The van der Waals surface area contributed by atoms with Crippen LogP contribution in [-0.4, -0.2) is 16.6 Å². The molecular weight excluding hydrogens is 267 g/mol. The highest BCUT2D eigenvalue weighted by atomic mass is 79.9. The third-order valence-corrected chi connectivity index (χ3v) is 2.50. The van der Waals surface area contributed by atoms with Crippen molar-refractivity contribution in [1.82, 2.24) is 0 Å². The largest absolute Gasteiger partial charge is 0.550 e. The maximum atomic E-state index is 12.5. The number of carbonyl (C=O) groups is 2. The van der Waals surface area contributed by atoms with E-state index in [1.54, 1.807) is 0 Å². The summed E-state index contributed by atoms with van der Waals surface area (Å²) in [5, 5.41) is 10.2. The van der Waals surface area contributed by atoms with Crippen molar-refractivity contribution in [2.45, 2.75) is 11.2 Å². The standard InChI is InChI=1S/C10H8BrFO3/c11-8(5-9(13)14)10(15)6-1-3-7(12)4-2-6/h1-4,8H,5H2,(H,13,14)/p-1/t8-/m0/s1. The summed E-state index contributed by atoms with van der Waals surface area (Å²) >= 11 is 2.93. The Hall–Kier alpha value is -1.23. The summed E-state index contributed by atoms with van der Waals surface area (Å²) in [7, 11) is 0. The van der Waals surface area contributed by atoms with E-state index in [1.807, 2.05) is 0 Å². The average molecular weight is 274 g/mol. The van der Waals surface area contributed by atoms with Crippen LogP contribution in [0.4, 0.5) is 4.39 Å². The van der Waals surface area contributed by atoms with Crippen molar-refractivity contribution in [3.05, 3.63) is 35.6 Å². The lowest BCUT2D eigenvalue weighted by Gasteiger charge is -2.09. The molecule has 0 aromatic heterocycles. The molecule has 1 aromatic rings. The minimum absolute atomic E-state index is 0.263. The first-order valence-electron chi connectivity index (χ1n) is 4.14. The first-order valence-corrected chi connectivity index (χ1v) is 5.06. The molecule has 0 bridgehead atoms. The van der Waals surface area contributed by atoms with Crippen LogP contribution in [-0.2, 0) is 4.79 Å². The molecule has 0 spiro atoms. The predicted octanol–water partition coefficient (Wildman–Crippen LogP) is 0.912. The van der Waals surface area contributed by atoms with E-state index in [0.717, 1.165) is 12.1 Å². The minimum Gasteiger partial charge on any atom is -0.550 e. The van der Waals surface area contributed by atoms with Crippen LogP contribution in [0, 0.1) is 5.82 Å². The van der Waals surface area contributed by atoms with E-state index in [9.17, 15) is 19.1 Å². The fourth-order valence-electron chi connectivity index (χ4n) is 1.03. The minimum atomic E-state index is -1.31. The highest BCUT2D eigenvalue weighted by molar-refractivity contribution is 9.10. The second-order valence-corrected chi connectivity index (χ2v) is 4.02. The number of benzene rings is 1. The second-order valence-electron chi connectivity index (χ2n) is 2.91. The van der Waals surface area contributed by atoms with Crippen LogP contribution >= 0.6 is 15.9 Å². The maximum Gasteiger partial charge on any atom is 0.176 e. The van der Waals surface area contributed by atoms with Gasteiger partial charge in [0, 0.05) is 18.0 Å². The smallest absolute Gasteiger partial charge is 0.176 e. The van der Waals surface area contributed by atoms with Gasteiger partial charge in [-0.15, -0.1) is 0 Å². The molecule has 3 nitrogen and oxygen atoms in total. The van der Waals surface area contributed by atoms with Crippen molar-refractivity contribution < 1.29 is 19.1 Å². The molecule has 5 heteroatoms. The number of rotatable bonds is 4. The molecule has 1 atom stereocenters. The Morgan fingerprint density at radius 2 is 1.87 bits per heavy atom. The molecule has 0 amide bonds. The highest BCUT2D eigenvalue weighted by Gasteiger charge is 2.16. The predicted molar refractivity (Wildman–Crippen MR) is 53.1 cm³/mol. The zero-order valence-corrected chi connectivity index (χ0v) is 9.16. The number of carbonyl (C=O) groups excluding carboxylic acids is 2. The van der Waals surface area contributed by atoms with Crippen LogP contribution in [0.2, 0.25) is 0 Å². The van der Waals surface area contributed by atoms with Crippen molar-refractivity contribution in [3.63, 3.8) is 0 Å². The van der Waals surface area contributed by atoms with E-state index in [0.29, 0.717) is 0 Å². The molecule has 0 N–H and O–H groups in total. The molecule has 0 unspecified atom stereocenters. The van der Waals surface area contributed by atoms with Gasteiger partial charge in [-0.2, -0.15) is 0 Å². The number of carboxylic acids is 1. The number of ketones is 1. The Balaban J connectivity index is 2.76. The van der Waals surface area contributed by atoms with Gasteiger partial charge in [0.05, 0.1) is 4.83 Å². The molecule has 1 aromatic carbocycles. The topological polar surface area (TPSA) is 57.2 Å². The normalized spacial score (nSPS) is 12.1. The molecule has 0 radical (unpaired) electrons. The molecular formula is C10H7BrFO3-. The van der Waals surface area contributed by atoms with Crippen molar-refractivity contribution >= 4 is 27.7 Å². The molecule has 80 valence electrons. The molecule has 0 fully saturated rings. The summed E-state index contributed by atoms with van der Waals surface area (Å²) in [5.41, 5.74) is 0.263. The monoisotopic (exact) mass is 273 g/mol. The van der Waals surface area contributed by atoms with Gasteiger partial charge < -0.3 is 9.90 Å². The van der Waals surface area contributed by atoms with Crippen molar-refractivity contribution in [2.75, 3.05) is 0 Å². The lowest BCUT2D eigenvalue weighted by Crippen LogP contribution is -2.28. The van der Waals surface area contributed by atoms with Crippen LogP contribution in [0.15, 0.2) is 24.3 Å². The van der Waals surface area contributed by atoms with Gasteiger partial charge in [-0.1, -0.05) is 15.9 Å². The third-order valence-electron chi connectivity index (χ3n) is 1.76. The molecule has 0 aliphatic heterocycles. The average Bonchev–Trinajstić information content (AvgIpc) is 2.17. The van der Waals surface area contributed by atoms with E-state index in [1.165, 1.54) is 12.1 Å². The Bertz CT molecular complexity index is 375. The lowest BCUT2D eigenvalue weighted by molar-refractivity contribution is -0.305. The fraction of sp³-hybridized carbons (Fsp3) is 0.200. The number of alkyl halides is 1.